The molecule has 1 atom stereocenters. The fourth-order valence-electron chi connectivity index (χ4n) is 1.39. The van der Waals surface area contributed by atoms with Crippen LogP contribution in [0.5, 0.6) is 0 Å². The third-order valence-electron chi connectivity index (χ3n) is 2.50. The van der Waals surface area contributed by atoms with E-state index in [2.05, 4.69) is 19.6 Å². The Balaban J connectivity index is 2.86. The second-order valence-electron chi connectivity index (χ2n) is 3.61. The highest BCUT2D eigenvalue weighted by Crippen LogP contribution is 2.06. The second kappa shape index (κ2) is 5.25. The molecule has 0 saturated heterocycles. The van der Waals surface area contributed by atoms with Crippen LogP contribution in [0.4, 0.5) is 0 Å². The second-order valence-corrected chi connectivity index (χ2v) is 3.97. The lowest BCUT2D eigenvalue weighted by Crippen LogP contribution is -2.25. The predicted octanol–water partition coefficient (Wildman–Crippen LogP) is 2.11. The summed E-state index contributed by atoms with van der Waals surface area (Å²) in [6.07, 6.45) is 2.91. The van der Waals surface area contributed by atoms with Crippen LogP contribution in [-0.2, 0) is 6.54 Å². The van der Waals surface area contributed by atoms with E-state index in [1.807, 2.05) is 25.3 Å². The molecule has 2 nitrogen and oxygen atoms in total. The number of hydrogen-bond acceptors (Lipinski definition) is 2. The topological polar surface area (TPSA) is 22.0 Å². The van der Waals surface area contributed by atoms with Crippen molar-refractivity contribution < 1.29 is 0 Å². The Labute approximate surface area is 90.4 Å². The lowest BCUT2D eigenvalue weighted by molar-refractivity contribution is 0.467. The summed E-state index contributed by atoms with van der Waals surface area (Å²) >= 11 is 4.27. The Morgan fingerprint density at radius 1 is 1.57 bits per heavy atom. The highest BCUT2D eigenvalue weighted by atomic mass is 32.1. The quantitative estimate of drug-likeness (QED) is 0.757. The number of aromatic nitrogens is 1. The summed E-state index contributed by atoms with van der Waals surface area (Å²) in [4.78, 5) is 11.7. The van der Waals surface area contributed by atoms with E-state index in [0.29, 0.717) is 5.92 Å². The molecule has 1 rings (SSSR count). The minimum atomic E-state index is 0.118. The number of rotatable bonds is 4. The van der Waals surface area contributed by atoms with E-state index in [4.69, 9.17) is 0 Å². The molecular weight excluding hydrogens is 194 g/mol. The first-order valence-electron chi connectivity index (χ1n) is 4.96. The smallest absolute Gasteiger partial charge is 0.253 e. The fraction of sp³-hybridized carbons (Fsp3) is 0.545. The van der Waals surface area contributed by atoms with Crippen molar-refractivity contribution >= 4 is 12.6 Å². The fourth-order valence-corrected chi connectivity index (χ4v) is 1.77. The third-order valence-corrected chi connectivity index (χ3v) is 3.02. The lowest BCUT2D eigenvalue weighted by Gasteiger charge is -2.13. The summed E-state index contributed by atoms with van der Waals surface area (Å²) in [7, 11) is 0. The van der Waals surface area contributed by atoms with Gasteiger partial charge in [0.05, 0.1) is 0 Å². The monoisotopic (exact) mass is 211 g/mol. The van der Waals surface area contributed by atoms with E-state index in [9.17, 15) is 4.79 Å². The van der Waals surface area contributed by atoms with Gasteiger partial charge in [-0.25, -0.2) is 0 Å². The number of thiol groups is 1. The van der Waals surface area contributed by atoms with E-state index in [1.165, 1.54) is 0 Å². The van der Waals surface area contributed by atoms with Crippen LogP contribution in [0.3, 0.4) is 0 Å². The molecule has 0 aromatic carbocycles. The van der Waals surface area contributed by atoms with Gasteiger partial charge in [-0.1, -0.05) is 19.4 Å². The molecule has 0 N–H and O–H groups in total. The maximum Gasteiger partial charge on any atom is 0.253 e. The third kappa shape index (κ3) is 2.64. The maximum atomic E-state index is 11.7. The standard InChI is InChI=1S/C11H17NOS/c1-3-10(8-14)7-12-6-4-5-9(2)11(12)13/h4-6,10,14H,3,7-8H2,1-2H3. The van der Waals surface area contributed by atoms with E-state index in [-0.39, 0.29) is 5.56 Å². The number of aryl methyl sites for hydroxylation is 1. The van der Waals surface area contributed by atoms with Gasteiger partial charge in [0.15, 0.2) is 0 Å². The van der Waals surface area contributed by atoms with E-state index >= 15 is 0 Å². The number of pyridine rings is 1. The molecule has 1 aromatic heterocycles. The van der Waals surface area contributed by atoms with Gasteiger partial charge in [-0.2, -0.15) is 12.6 Å². The normalized spacial score (nSPS) is 12.8. The molecule has 1 heterocycles. The minimum absolute atomic E-state index is 0.118. The van der Waals surface area contributed by atoms with Crippen molar-refractivity contribution in [1.29, 1.82) is 0 Å². The van der Waals surface area contributed by atoms with Gasteiger partial charge >= 0.3 is 0 Å². The summed E-state index contributed by atoms with van der Waals surface area (Å²) in [5.74, 6) is 1.31. The van der Waals surface area contributed by atoms with Crippen molar-refractivity contribution in [3.05, 3.63) is 34.2 Å². The van der Waals surface area contributed by atoms with Gasteiger partial charge < -0.3 is 4.57 Å². The van der Waals surface area contributed by atoms with Crippen molar-refractivity contribution in [3.8, 4) is 0 Å². The van der Waals surface area contributed by atoms with E-state index in [0.717, 1.165) is 24.3 Å². The van der Waals surface area contributed by atoms with Crippen molar-refractivity contribution in [2.45, 2.75) is 26.8 Å². The Hall–Kier alpha value is -0.700. The summed E-state index contributed by atoms with van der Waals surface area (Å²) in [5, 5.41) is 0. The minimum Gasteiger partial charge on any atom is -0.315 e. The van der Waals surface area contributed by atoms with Gasteiger partial charge in [0.1, 0.15) is 0 Å². The molecule has 1 aromatic rings. The summed E-state index contributed by atoms with van der Waals surface area (Å²) in [6.45, 7) is 4.75. The van der Waals surface area contributed by atoms with Gasteiger partial charge in [0.25, 0.3) is 5.56 Å². The van der Waals surface area contributed by atoms with E-state index in [1.54, 1.807) is 4.57 Å². The molecule has 0 amide bonds. The molecule has 1 unspecified atom stereocenters. The Morgan fingerprint density at radius 2 is 2.29 bits per heavy atom. The van der Waals surface area contributed by atoms with Crippen LogP contribution < -0.4 is 5.56 Å². The SMILES string of the molecule is CCC(CS)Cn1cccc(C)c1=O. The molecule has 0 aliphatic rings. The van der Waals surface area contributed by atoms with E-state index < -0.39 is 0 Å². The van der Waals surface area contributed by atoms with Crippen LogP contribution in [0.2, 0.25) is 0 Å². The molecule has 3 heteroatoms. The first kappa shape index (κ1) is 11.4. The molecule has 0 aliphatic carbocycles. The van der Waals surface area contributed by atoms with Gasteiger partial charge in [-0.05, 0) is 24.7 Å². The molecule has 0 fully saturated rings. The van der Waals surface area contributed by atoms with Crippen LogP contribution in [-0.4, -0.2) is 10.3 Å². The van der Waals surface area contributed by atoms with Crippen LogP contribution >= 0.6 is 12.6 Å². The zero-order chi connectivity index (χ0) is 10.6. The number of hydrogen-bond donors (Lipinski definition) is 1. The molecule has 0 radical (unpaired) electrons. The average Bonchev–Trinajstić information content (AvgIpc) is 2.20. The highest BCUT2D eigenvalue weighted by Gasteiger charge is 2.06. The first-order valence-corrected chi connectivity index (χ1v) is 5.59. The van der Waals surface area contributed by atoms with Crippen LogP contribution in [0, 0.1) is 12.8 Å². The van der Waals surface area contributed by atoms with Crippen LogP contribution in [0.1, 0.15) is 18.9 Å². The maximum absolute atomic E-state index is 11.7. The van der Waals surface area contributed by atoms with Crippen molar-refractivity contribution in [2.24, 2.45) is 5.92 Å². The Kier molecular flexibility index (Phi) is 4.26. The molecule has 0 bridgehead atoms. The zero-order valence-electron chi connectivity index (χ0n) is 8.73. The van der Waals surface area contributed by atoms with Crippen molar-refractivity contribution in [1.82, 2.24) is 4.57 Å². The Bertz CT molecular complexity index is 341. The van der Waals surface area contributed by atoms with Crippen molar-refractivity contribution in [3.63, 3.8) is 0 Å². The Morgan fingerprint density at radius 3 is 2.86 bits per heavy atom. The van der Waals surface area contributed by atoms with Gasteiger partial charge in [0.2, 0.25) is 0 Å². The molecule has 78 valence electrons. The average molecular weight is 211 g/mol. The largest absolute Gasteiger partial charge is 0.315 e. The first-order chi connectivity index (χ1) is 6.69. The van der Waals surface area contributed by atoms with Gasteiger partial charge in [-0.3, -0.25) is 4.79 Å². The number of nitrogens with zero attached hydrogens (tertiary/aromatic N) is 1. The molecule has 0 spiro atoms. The zero-order valence-corrected chi connectivity index (χ0v) is 9.63. The molecular formula is C11H17NOS. The lowest BCUT2D eigenvalue weighted by atomic mass is 10.1. The molecule has 14 heavy (non-hydrogen) atoms. The molecule has 0 aliphatic heterocycles. The molecule has 0 saturated carbocycles. The van der Waals surface area contributed by atoms with Gasteiger partial charge in [-0.15, -0.1) is 0 Å². The summed E-state index contributed by atoms with van der Waals surface area (Å²) in [5.41, 5.74) is 0.925. The van der Waals surface area contributed by atoms with Crippen LogP contribution in [0.25, 0.3) is 0 Å². The van der Waals surface area contributed by atoms with Crippen molar-refractivity contribution in [2.75, 3.05) is 5.75 Å². The highest BCUT2D eigenvalue weighted by molar-refractivity contribution is 7.80. The summed E-state index contributed by atoms with van der Waals surface area (Å²) < 4.78 is 1.78. The van der Waals surface area contributed by atoms with Gasteiger partial charge in [0, 0.05) is 18.3 Å². The van der Waals surface area contributed by atoms with Crippen LogP contribution in [0.15, 0.2) is 23.1 Å². The predicted molar refractivity (Wildman–Crippen MR) is 63.1 cm³/mol. The summed E-state index contributed by atoms with van der Waals surface area (Å²) in [6, 6.07) is 3.77.